The molecule has 0 atom stereocenters. The van der Waals surface area contributed by atoms with Gasteiger partial charge in [0.15, 0.2) is 17.5 Å². The van der Waals surface area contributed by atoms with Gasteiger partial charge in [0.1, 0.15) is 11.0 Å². The number of fused-ring (bicyclic) bond motifs is 5. The number of nitrogens with zero attached hydrogens (tertiary/aromatic N) is 6. The molecule has 0 amide bonds. The molecule has 3 aromatic heterocycles. The van der Waals surface area contributed by atoms with E-state index in [0.717, 1.165) is 60.7 Å². The Bertz CT molecular complexity index is 2230. The third kappa shape index (κ3) is 4.51. The molecule has 0 fully saturated rings. The maximum absolute atomic E-state index is 5.10. The van der Waals surface area contributed by atoms with Crippen molar-refractivity contribution in [3.05, 3.63) is 120 Å². The number of para-hydroxylation sites is 1. The maximum Gasteiger partial charge on any atom is 0.164 e. The predicted octanol–water partition coefficient (Wildman–Crippen LogP) is 8.86. The van der Waals surface area contributed by atoms with Crippen LogP contribution < -0.4 is 0 Å². The molecular weight excluding hydrogens is 549 g/mol. The molecule has 5 aromatic carbocycles. The zero-order valence-corrected chi connectivity index (χ0v) is 24.3. The molecule has 6 nitrogen and oxygen atoms in total. The van der Waals surface area contributed by atoms with Gasteiger partial charge in [-0.15, -0.1) is 0 Å². The third-order valence-electron chi connectivity index (χ3n) is 7.76. The monoisotopic (exact) mass is 572 g/mol. The van der Waals surface area contributed by atoms with Crippen LogP contribution in [-0.4, -0.2) is 28.7 Å². The van der Waals surface area contributed by atoms with Crippen molar-refractivity contribution in [3.63, 3.8) is 0 Å². The summed E-state index contributed by atoms with van der Waals surface area (Å²) in [5.41, 5.74) is 9.85. The Morgan fingerprint density at radius 3 is 1.58 bits per heavy atom. The zero-order chi connectivity index (χ0) is 28.9. The van der Waals surface area contributed by atoms with Gasteiger partial charge in [0, 0.05) is 38.4 Å². The maximum atomic E-state index is 5.10. The van der Waals surface area contributed by atoms with Crippen LogP contribution in [0.1, 0.15) is 11.1 Å². The van der Waals surface area contributed by atoms with E-state index >= 15 is 0 Å². The molecule has 8 aromatic rings. The van der Waals surface area contributed by atoms with Crippen LogP contribution in [0.15, 0.2) is 109 Å². The van der Waals surface area contributed by atoms with Gasteiger partial charge in [0.2, 0.25) is 0 Å². The molecule has 43 heavy (non-hydrogen) atoms. The Balaban J connectivity index is 1.27. The van der Waals surface area contributed by atoms with E-state index in [1.165, 1.54) is 22.9 Å². The Hall–Kier alpha value is -5.40. The average molecular weight is 573 g/mol. The van der Waals surface area contributed by atoms with Gasteiger partial charge in [-0.2, -0.15) is 8.75 Å². The van der Waals surface area contributed by atoms with Crippen LogP contribution in [0.5, 0.6) is 0 Å². The molecule has 0 unspecified atom stereocenters. The minimum absolute atomic E-state index is 0.624. The van der Waals surface area contributed by atoms with Gasteiger partial charge in [0.05, 0.1) is 22.9 Å². The van der Waals surface area contributed by atoms with Gasteiger partial charge in [-0.1, -0.05) is 102 Å². The fourth-order valence-corrected chi connectivity index (χ4v) is 5.99. The second-order valence-corrected chi connectivity index (χ2v) is 11.2. The molecule has 0 radical (unpaired) electrons. The summed E-state index contributed by atoms with van der Waals surface area (Å²) in [4.78, 5) is 19.8. The van der Waals surface area contributed by atoms with Crippen LogP contribution in [0.4, 0.5) is 0 Å². The van der Waals surface area contributed by atoms with Crippen molar-refractivity contribution in [2.24, 2.45) is 0 Å². The second-order valence-electron chi connectivity index (χ2n) is 10.7. The second kappa shape index (κ2) is 10.2. The average Bonchev–Trinajstić information content (AvgIpc) is 3.54. The first-order valence-corrected chi connectivity index (χ1v) is 14.8. The molecule has 0 bridgehead atoms. The molecular formula is C36H24N6S. The van der Waals surface area contributed by atoms with E-state index < -0.39 is 0 Å². The van der Waals surface area contributed by atoms with Gasteiger partial charge in [0.25, 0.3) is 0 Å². The standard InChI is InChI=1S/C36H24N6S/c1-21-7-11-24(12-8-21)34-38-35(25-13-9-22(2)10-14-25)40-36(39-34)26-17-15-23(16-18-26)32-28-19-20-30-33(42-43-41-30)31(28)27-5-3-4-6-29(27)37-32/h3-20H,1-2H3. The lowest BCUT2D eigenvalue weighted by Gasteiger charge is -2.12. The molecule has 0 aliphatic carbocycles. The van der Waals surface area contributed by atoms with Crippen LogP contribution in [0.25, 0.3) is 78.1 Å². The third-order valence-corrected chi connectivity index (χ3v) is 8.30. The predicted molar refractivity (Wildman–Crippen MR) is 175 cm³/mol. The summed E-state index contributed by atoms with van der Waals surface area (Å²) in [6, 6.07) is 37.2. The summed E-state index contributed by atoms with van der Waals surface area (Å²) in [7, 11) is 0. The highest BCUT2D eigenvalue weighted by Crippen LogP contribution is 2.37. The van der Waals surface area contributed by atoms with Crippen LogP contribution in [0.3, 0.4) is 0 Å². The fraction of sp³-hybridized carbons (Fsp3) is 0.0556. The minimum Gasteiger partial charge on any atom is -0.247 e. The van der Waals surface area contributed by atoms with Gasteiger partial charge < -0.3 is 0 Å². The summed E-state index contributed by atoms with van der Waals surface area (Å²) >= 11 is 1.24. The van der Waals surface area contributed by atoms with E-state index in [4.69, 9.17) is 19.9 Å². The van der Waals surface area contributed by atoms with Crippen molar-refractivity contribution in [2.75, 3.05) is 0 Å². The first kappa shape index (κ1) is 25.3. The van der Waals surface area contributed by atoms with E-state index in [2.05, 4.69) is 114 Å². The normalized spacial score (nSPS) is 11.5. The van der Waals surface area contributed by atoms with Crippen molar-refractivity contribution < 1.29 is 0 Å². The number of aryl methyl sites for hydroxylation is 2. The molecule has 0 aliphatic rings. The number of rotatable bonds is 4. The largest absolute Gasteiger partial charge is 0.247 e. The summed E-state index contributed by atoms with van der Waals surface area (Å²) in [6.45, 7) is 4.15. The molecule has 7 heteroatoms. The Labute approximate surface area is 252 Å². The number of aromatic nitrogens is 6. The number of pyridine rings is 1. The van der Waals surface area contributed by atoms with E-state index in [0.29, 0.717) is 17.5 Å². The summed E-state index contributed by atoms with van der Waals surface area (Å²) < 4.78 is 9.12. The number of hydrogen-bond donors (Lipinski definition) is 0. The highest BCUT2D eigenvalue weighted by molar-refractivity contribution is 7.00. The first-order chi connectivity index (χ1) is 21.1. The van der Waals surface area contributed by atoms with E-state index in [1.807, 2.05) is 18.2 Å². The van der Waals surface area contributed by atoms with E-state index in [-0.39, 0.29) is 0 Å². The Morgan fingerprint density at radius 1 is 0.442 bits per heavy atom. The smallest absolute Gasteiger partial charge is 0.164 e. The lowest BCUT2D eigenvalue weighted by atomic mass is 9.98. The topological polar surface area (TPSA) is 77.3 Å². The van der Waals surface area contributed by atoms with Gasteiger partial charge in [-0.05, 0) is 32.0 Å². The van der Waals surface area contributed by atoms with Crippen LogP contribution >= 0.6 is 11.7 Å². The molecule has 8 rings (SSSR count). The lowest BCUT2D eigenvalue weighted by Crippen LogP contribution is -2.00. The highest BCUT2D eigenvalue weighted by atomic mass is 32.1. The van der Waals surface area contributed by atoms with Crippen LogP contribution in [-0.2, 0) is 0 Å². The van der Waals surface area contributed by atoms with Crippen molar-refractivity contribution in [1.82, 2.24) is 28.7 Å². The van der Waals surface area contributed by atoms with Crippen molar-refractivity contribution in [3.8, 4) is 45.4 Å². The molecule has 0 N–H and O–H groups in total. The molecule has 0 saturated carbocycles. The molecule has 0 spiro atoms. The van der Waals surface area contributed by atoms with Crippen molar-refractivity contribution >= 4 is 44.4 Å². The Morgan fingerprint density at radius 2 is 0.977 bits per heavy atom. The van der Waals surface area contributed by atoms with Crippen LogP contribution in [0.2, 0.25) is 0 Å². The summed E-state index contributed by atoms with van der Waals surface area (Å²) in [6.07, 6.45) is 0. The number of benzene rings is 5. The fourth-order valence-electron chi connectivity index (χ4n) is 5.45. The summed E-state index contributed by atoms with van der Waals surface area (Å²) in [5.74, 6) is 1.92. The molecule has 3 heterocycles. The lowest BCUT2D eigenvalue weighted by molar-refractivity contribution is 1.07. The van der Waals surface area contributed by atoms with E-state index in [9.17, 15) is 0 Å². The Kier molecular flexibility index (Phi) is 5.98. The minimum atomic E-state index is 0.624. The van der Waals surface area contributed by atoms with Crippen LogP contribution in [0, 0.1) is 13.8 Å². The first-order valence-electron chi connectivity index (χ1n) is 14.1. The van der Waals surface area contributed by atoms with E-state index in [1.54, 1.807) is 0 Å². The zero-order valence-electron chi connectivity index (χ0n) is 23.5. The molecule has 204 valence electrons. The molecule has 0 aliphatic heterocycles. The van der Waals surface area contributed by atoms with Gasteiger partial charge in [-0.25, -0.2) is 19.9 Å². The van der Waals surface area contributed by atoms with Crippen molar-refractivity contribution in [1.29, 1.82) is 0 Å². The summed E-state index contributed by atoms with van der Waals surface area (Å²) in [5, 5.41) is 3.21. The van der Waals surface area contributed by atoms with Gasteiger partial charge >= 0.3 is 0 Å². The number of hydrogen-bond acceptors (Lipinski definition) is 7. The quantitative estimate of drug-likeness (QED) is 0.196. The highest BCUT2D eigenvalue weighted by Gasteiger charge is 2.16. The van der Waals surface area contributed by atoms with Crippen molar-refractivity contribution in [2.45, 2.75) is 13.8 Å². The molecule has 0 saturated heterocycles. The van der Waals surface area contributed by atoms with Gasteiger partial charge in [-0.3, -0.25) is 0 Å². The SMILES string of the molecule is Cc1ccc(-c2nc(-c3ccc(C)cc3)nc(-c3ccc(-c4nc5ccccc5c5c4ccc4nsnc45)cc3)n2)cc1.